The Hall–Kier alpha value is -1.06. The number of rotatable bonds is 10. The standard InChI is InChI=1S/C18H32N2O/c1-4-9-21-17-7-8-18(16(6-3)11-17)15(5-2)10-14(12-19)13-20/h7-8,11,14-15H,4-6,9-10,12-13,19-20H2,1-3H3. The topological polar surface area (TPSA) is 61.3 Å². The van der Waals surface area contributed by atoms with Gasteiger partial charge < -0.3 is 16.2 Å². The average Bonchev–Trinajstić information content (AvgIpc) is 2.54. The largest absolute Gasteiger partial charge is 0.494 e. The number of hydrogen-bond acceptors (Lipinski definition) is 3. The number of aryl methyl sites for hydroxylation is 1. The Morgan fingerprint density at radius 1 is 1.10 bits per heavy atom. The van der Waals surface area contributed by atoms with Crippen molar-refractivity contribution in [3.63, 3.8) is 0 Å². The molecule has 3 heteroatoms. The van der Waals surface area contributed by atoms with E-state index in [0.29, 0.717) is 24.9 Å². The van der Waals surface area contributed by atoms with Gasteiger partial charge in [-0.2, -0.15) is 0 Å². The van der Waals surface area contributed by atoms with Crippen molar-refractivity contribution in [1.29, 1.82) is 0 Å². The van der Waals surface area contributed by atoms with Crippen molar-refractivity contribution < 1.29 is 4.74 Å². The van der Waals surface area contributed by atoms with E-state index in [-0.39, 0.29) is 0 Å². The molecular formula is C18H32N2O. The number of hydrogen-bond donors (Lipinski definition) is 2. The first-order chi connectivity index (χ1) is 10.2. The molecule has 120 valence electrons. The van der Waals surface area contributed by atoms with Gasteiger partial charge in [-0.1, -0.05) is 26.8 Å². The third-order valence-electron chi connectivity index (χ3n) is 4.19. The summed E-state index contributed by atoms with van der Waals surface area (Å²) in [7, 11) is 0. The molecule has 0 saturated heterocycles. The van der Waals surface area contributed by atoms with Gasteiger partial charge in [-0.15, -0.1) is 0 Å². The predicted molar refractivity (Wildman–Crippen MR) is 90.9 cm³/mol. The fourth-order valence-corrected chi connectivity index (χ4v) is 2.80. The summed E-state index contributed by atoms with van der Waals surface area (Å²) in [4.78, 5) is 0. The fraction of sp³-hybridized carbons (Fsp3) is 0.667. The van der Waals surface area contributed by atoms with E-state index in [2.05, 4.69) is 39.0 Å². The molecule has 0 heterocycles. The lowest BCUT2D eigenvalue weighted by Crippen LogP contribution is -2.25. The highest BCUT2D eigenvalue weighted by molar-refractivity contribution is 5.38. The first-order valence-corrected chi connectivity index (χ1v) is 8.35. The lowest BCUT2D eigenvalue weighted by atomic mass is 9.84. The molecule has 1 aromatic carbocycles. The van der Waals surface area contributed by atoms with E-state index < -0.39 is 0 Å². The van der Waals surface area contributed by atoms with E-state index in [4.69, 9.17) is 16.2 Å². The maximum atomic E-state index is 5.81. The second kappa shape index (κ2) is 9.80. The molecule has 0 amide bonds. The molecule has 0 fully saturated rings. The van der Waals surface area contributed by atoms with Crippen LogP contribution in [0.4, 0.5) is 0 Å². The van der Waals surface area contributed by atoms with Crippen LogP contribution >= 0.6 is 0 Å². The summed E-state index contributed by atoms with van der Waals surface area (Å²) in [6.45, 7) is 8.70. The van der Waals surface area contributed by atoms with Crippen LogP contribution in [-0.4, -0.2) is 19.7 Å². The zero-order chi connectivity index (χ0) is 15.7. The van der Waals surface area contributed by atoms with Crippen molar-refractivity contribution in [1.82, 2.24) is 0 Å². The molecular weight excluding hydrogens is 260 g/mol. The van der Waals surface area contributed by atoms with Gasteiger partial charge >= 0.3 is 0 Å². The monoisotopic (exact) mass is 292 g/mol. The molecule has 4 N–H and O–H groups in total. The van der Waals surface area contributed by atoms with Gasteiger partial charge in [0.25, 0.3) is 0 Å². The van der Waals surface area contributed by atoms with Gasteiger partial charge in [0.05, 0.1) is 6.61 Å². The SMILES string of the molecule is CCCOc1ccc(C(CC)CC(CN)CN)c(CC)c1. The molecule has 1 unspecified atom stereocenters. The van der Waals surface area contributed by atoms with Crippen LogP contribution in [0.3, 0.4) is 0 Å². The molecule has 0 aromatic heterocycles. The van der Waals surface area contributed by atoms with Crippen LogP contribution < -0.4 is 16.2 Å². The highest BCUT2D eigenvalue weighted by Gasteiger charge is 2.18. The van der Waals surface area contributed by atoms with Crippen LogP contribution in [0, 0.1) is 5.92 Å². The summed E-state index contributed by atoms with van der Waals surface area (Å²) in [6, 6.07) is 6.54. The number of nitrogens with two attached hydrogens (primary N) is 2. The van der Waals surface area contributed by atoms with Gasteiger partial charge in [-0.25, -0.2) is 0 Å². The van der Waals surface area contributed by atoms with E-state index in [0.717, 1.165) is 38.0 Å². The quantitative estimate of drug-likeness (QED) is 0.694. The molecule has 3 nitrogen and oxygen atoms in total. The second-order valence-corrected chi connectivity index (χ2v) is 5.74. The van der Waals surface area contributed by atoms with Crippen LogP contribution in [-0.2, 0) is 6.42 Å². The third-order valence-corrected chi connectivity index (χ3v) is 4.19. The lowest BCUT2D eigenvalue weighted by molar-refractivity contribution is 0.317. The zero-order valence-corrected chi connectivity index (χ0v) is 13.9. The third kappa shape index (κ3) is 5.33. The van der Waals surface area contributed by atoms with Crippen molar-refractivity contribution in [2.24, 2.45) is 17.4 Å². The van der Waals surface area contributed by atoms with Gasteiger partial charge in [0.15, 0.2) is 0 Å². The minimum Gasteiger partial charge on any atom is -0.494 e. The van der Waals surface area contributed by atoms with Crippen LogP contribution in [0.15, 0.2) is 18.2 Å². The minimum absolute atomic E-state index is 0.413. The normalized spacial score (nSPS) is 12.7. The molecule has 1 rings (SSSR count). The van der Waals surface area contributed by atoms with E-state index >= 15 is 0 Å². The van der Waals surface area contributed by atoms with Crippen LogP contribution in [0.5, 0.6) is 5.75 Å². The summed E-state index contributed by atoms with van der Waals surface area (Å²) >= 11 is 0. The molecule has 1 atom stereocenters. The lowest BCUT2D eigenvalue weighted by Gasteiger charge is -2.23. The summed E-state index contributed by atoms with van der Waals surface area (Å²) in [5, 5.41) is 0. The van der Waals surface area contributed by atoms with Crippen LogP contribution in [0.2, 0.25) is 0 Å². The van der Waals surface area contributed by atoms with Crippen molar-refractivity contribution >= 4 is 0 Å². The summed E-state index contributed by atoms with van der Waals surface area (Å²) < 4.78 is 5.75. The zero-order valence-electron chi connectivity index (χ0n) is 13.9. The van der Waals surface area contributed by atoms with Crippen LogP contribution in [0.1, 0.15) is 57.1 Å². The van der Waals surface area contributed by atoms with Gasteiger partial charge in [0.2, 0.25) is 0 Å². The molecule has 0 saturated carbocycles. The highest BCUT2D eigenvalue weighted by atomic mass is 16.5. The molecule has 0 radical (unpaired) electrons. The molecule has 0 aliphatic carbocycles. The summed E-state index contributed by atoms with van der Waals surface area (Å²) in [5.74, 6) is 1.94. The van der Waals surface area contributed by atoms with Gasteiger partial charge in [-0.05, 0) is 73.9 Å². The minimum atomic E-state index is 0.413. The first kappa shape index (κ1) is 18.0. The van der Waals surface area contributed by atoms with Crippen LogP contribution in [0.25, 0.3) is 0 Å². The summed E-state index contributed by atoms with van der Waals surface area (Å²) in [6.07, 6.45) is 4.27. The Kier molecular flexibility index (Phi) is 8.40. The predicted octanol–water partition coefficient (Wildman–Crippen LogP) is 3.46. The molecule has 0 bridgehead atoms. The first-order valence-electron chi connectivity index (χ1n) is 8.35. The van der Waals surface area contributed by atoms with Crippen molar-refractivity contribution in [2.75, 3.05) is 19.7 Å². The Balaban J connectivity index is 2.92. The van der Waals surface area contributed by atoms with Gasteiger partial charge in [-0.3, -0.25) is 0 Å². The fourth-order valence-electron chi connectivity index (χ4n) is 2.80. The van der Waals surface area contributed by atoms with Crippen molar-refractivity contribution in [2.45, 2.75) is 52.4 Å². The molecule has 1 aromatic rings. The molecule has 0 aliphatic heterocycles. The smallest absolute Gasteiger partial charge is 0.119 e. The Bertz CT molecular complexity index is 402. The molecule has 0 spiro atoms. The number of benzene rings is 1. The summed E-state index contributed by atoms with van der Waals surface area (Å²) in [5.41, 5.74) is 14.5. The number of ether oxygens (including phenoxy) is 1. The Morgan fingerprint density at radius 3 is 2.33 bits per heavy atom. The second-order valence-electron chi connectivity index (χ2n) is 5.74. The van der Waals surface area contributed by atoms with Gasteiger partial charge in [0.1, 0.15) is 5.75 Å². The van der Waals surface area contributed by atoms with E-state index in [1.165, 1.54) is 11.1 Å². The van der Waals surface area contributed by atoms with E-state index in [9.17, 15) is 0 Å². The maximum Gasteiger partial charge on any atom is 0.119 e. The van der Waals surface area contributed by atoms with Crippen molar-refractivity contribution in [3.05, 3.63) is 29.3 Å². The molecule has 0 aliphatic rings. The van der Waals surface area contributed by atoms with Crippen molar-refractivity contribution in [3.8, 4) is 5.75 Å². The Morgan fingerprint density at radius 2 is 1.81 bits per heavy atom. The highest BCUT2D eigenvalue weighted by Crippen LogP contribution is 2.31. The van der Waals surface area contributed by atoms with Gasteiger partial charge in [0, 0.05) is 0 Å². The average molecular weight is 292 g/mol. The maximum absolute atomic E-state index is 5.81. The molecule has 21 heavy (non-hydrogen) atoms. The van der Waals surface area contributed by atoms with E-state index in [1.54, 1.807) is 0 Å². The van der Waals surface area contributed by atoms with E-state index in [1.807, 2.05) is 0 Å². The Labute approximate surface area is 130 Å².